The first-order valence-corrected chi connectivity index (χ1v) is 10.1. The Morgan fingerprint density at radius 2 is 2.07 bits per heavy atom. The van der Waals surface area contributed by atoms with Crippen LogP contribution in [0.15, 0.2) is 42.7 Å². The van der Waals surface area contributed by atoms with Crippen LogP contribution in [0.2, 0.25) is 0 Å². The number of aryl methyl sites for hydroxylation is 1. The zero-order chi connectivity index (χ0) is 19.5. The second-order valence-corrected chi connectivity index (χ2v) is 7.84. The van der Waals surface area contributed by atoms with Gasteiger partial charge in [0.2, 0.25) is 5.91 Å². The highest BCUT2D eigenvalue weighted by Crippen LogP contribution is 2.32. The minimum absolute atomic E-state index is 0.121. The fourth-order valence-electron chi connectivity index (χ4n) is 4.60. The topological polar surface area (TPSA) is 57.3 Å². The number of piperidine rings is 1. The van der Waals surface area contributed by atoms with E-state index in [0.29, 0.717) is 12.3 Å². The fraction of sp³-hybridized carbons (Fsp3) is 0.455. The largest absolute Gasteiger partial charge is 0.338 e. The van der Waals surface area contributed by atoms with Crippen LogP contribution < -0.4 is 10.9 Å². The third-order valence-electron chi connectivity index (χ3n) is 6.04. The maximum Gasteiger partial charge on any atom is 0.227 e. The van der Waals surface area contributed by atoms with Crippen LogP contribution in [-0.2, 0) is 11.2 Å². The second-order valence-electron chi connectivity index (χ2n) is 7.84. The fourth-order valence-corrected chi connectivity index (χ4v) is 4.60. The summed E-state index contributed by atoms with van der Waals surface area (Å²) in [5, 5.41) is 0. The molecular weight excluding hydrogens is 355 g/mol. The minimum Gasteiger partial charge on any atom is -0.338 e. The van der Waals surface area contributed by atoms with Crippen LogP contribution in [0, 0.1) is 12.7 Å². The number of nitrogens with zero attached hydrogens (tertiary/aromatic N) is 2. The molecule has 1 aromatic heterocycles. The average Bonchev–Trinajstić information content (AvgIpc) is 3.19. The first-order chi connectivity index (χ1) is 13.6. The number of carbonyl (C=O) groups is 1. The van der Waals surface area contributed by atoms with Crippen molar-refractivity contribution >= 4 is 5.91 Å². The molecule has 3 unspecified atom stereocenters. The van der Waals surface area contributed by atoms with Gasteiger partial charge in [-0.2, -0.15) is 0 Å². The SMILES string of the molecule is Cc1cnccc1C1CNNC1C1CCCCN1C(=O)Cc1ccc(F)cc1. The minimum atomic E-state index is -0.274. The van der Waals surface area contributed by atoms with Gasteiger partial charge in [-0.25, -0.2) is 4.39 Å². The number of carbonyl (C=O) groups excluding carboxylic acids is 1. The van der Waals surface area contributed by atoms with Gasteiger partial charge < -0.3 is 4.90 Å². The number of nitrogens with one attached hydrogen (secondary N) is 2. The molecule has 2 aliphatic rings. The predicted octanol–water partition coefficient (Wildman–Crippen LogP) is 2.71. The van der Waals surface area contributed by atoms with Crippen molar-refractivity contribution < 1.29 is 9.18 Å². The normalized spacial score (nSPS) is 25.1. The summed E-state index contributed by atoms with van der Waals surface area (Å²) < 4.78 is 13.2. The highest BCUT2D eigenvalue weighted by atomic mass is 19.1. The van der Waals surface area contributed by atoms with E-state index in [1.165, 1.54) is 23.3 Å². The van der Waals surface area contributed by atoms with E-state index in [1.54, 1.807) is 12.1 Å². The molecule has 0 spiro atoms. The Balaban J connectivity index is 1.53. The summed E-state index contributed by atoms with van der Waals surface area (Å²) in [5.74, 6) is 0.145. The van der Waals surface area contributed by atoms with Crippen LogP contribution in [0.4, 0.5) is 4.39 Å². The highest BCUT2D eigenvalue weighted by molar-refractivity contribution is 5.79. The molecule has 2 N–H and O–H groups in total. The Hall–Kier alpha value is -2.31. The Morgan fingerprint density at radius 1 is 1.25 bits per heavy atom. The van der Waals surface area contributed by atoms with Crippen LogP contribution >= 0.6 is 0 Å². The number of benzene rings is 1. The number of aromatic nitrogens is 1. The number of hydrogen-bond acceptors (Lipinski definition) is 4. The zero-order valence-corrected chi connectivity index (χ0v) is 16.2. The number of halogens is 1. The monoisotopic (exact) mass is 382 g/mol. The van der Waals surface area contributed by atoms with Crippen LogP contribution in [0.25, 0.3) is 0 Å². The first-order valence-electron chi connectivity index (χ1n) is 10.1. The van der Waals surface area contributed by atoms with Crippen molar-refractivity contribution in [2.45, 2.75) is 50.6 Å². The lowest BCUT2D eigenvalue weighted by molar-refractivity contribution is -0.135. The van der Waals surface area contributed by atoms with Crippen molar-refractivity contribution in [1.82, 2.24) is 20.7 Å². The van der Waals surface area contributed by atoms with E-state index >= 15 is 0 Å². The van der Waals surface area contributed by atoms with Crippen molar-refractivity contribution in [2.75, 3.05) is 13.1 Å². The Bertz CT molecular complexity index is 826. The Morgan fingerprint density at radius 3 is 2.86 bits per heavy atom. The number of hydrogen-bond donors (Lipinski definition) is 2. The van der Waals surface area contributed by atoms with Crippen molar-refractivity contribution in [1.29, 1.82) is 0 Å². The Kier molecular flexibility index (Phi) is 5.69. The van der Waals surface area contributed by atoms with Gasteiger partial charge in [0, 0.05) is 43.5 Å². The number of hydrazine groups is 1. The maximum absolute atomic E-state index is 13.2. The molecule has 2 saturated heterocycles. The predicted molar refractivity (Wildman–Crippen MR) is 106 cm³/mol. The van der Waals surface area contributed by atoms with E-state index in [1.807, 2.05) is 17.3 Å². The number of rotatable bonds is 4. The van der Waals surface area contributed by atoms with Crippen LogP contribution in [0.1, 0.15) is 41.9 Å². The number of pyridine rings is 1. The summed E-state index contributed by atoms with van der Waals surface area (Å²) >= 11 is 0. The first kappa shape index (κ1) is 19.0. The molecule has 5 nitrogen and oxygen atoms in total. The van der Waals surface area contributed by atoms with E-state index in [4.69, 9.17) is 0 Å². The van der Waals surface area contributed by atoms with Gasteiger partial charge in [-0.1, -0.05) is 12.1 Å². The molecule has 148 valence electrons. The van der Waals surface area contributed by atoms with Crippen molar-refractivity contribution in [2.24, 2.45) is 0 Å². The lowest BCUT2D eigenvalue weighted by Crippen LogP contribution is -2.55. The van der Waals surface area contributed by atoms with Crippen LogP contribution in [0.5, 0.6) is 0 Å². The zero-order valence-electron chi connectivity index (χ0n) is 16.2. The number of likely N-dealkylation sites (tertiary alicyclic amines) is 1. The molecule has 1 amide bonds. The summed E-state index contributed by atoms with van der Waals surface area (Å²) in [7, 11) is 0. The second kappa shape index (κ2) is 8.37. The summed E-state index contributed by atoms with van der Waals surface area (Å²) in [4.78, 5) is 19.4. The average molecular weight is 382 g/mol. The standard InChI is InChI=1S/C22H27FN4O/c1-15-13-24-10-9-18(15)19-14-25-26-22(19)20-4-2-3-11-27(20)21(28)12-16-5-7-17(23)8-6-16/h5-10,13,19-20,22,25-26H,2-4,11-12,14H2,1H3. The van der Waals surface area contributed by atoms with E-state index in [-0.39, 0.29) is 23.8 Å². The van der Waals surface area contributed by atoms with Gasteiger partial charge in [-0.15, -0.1) is 0 Å². The van der Waals surface area contributed by atoms with Gasteiger partial charge in [-0.3, -0.25) is 20.6 Å². The molecule has 0 radical (unpaired) electrons. The molecule has 4 rings (SSSR count). The van der Waals surface area contributed by atoms with Crippen molar-refractivity contribution in [3.63, 3.8) is 0 Å². The van der Waals surface area contributed by atoms with Crippen LogP contribution in [-0.4, -0.2) is 41.0 Å². The molecule has 2 fully saturated rings. The third kappa shape index (κ3) is 3.93. The molecule has 28 heavy (non-hydrogen) atoms. The molecule has 3 heterocycles. The quantitative estimate of drug-likeness (QED) is 0.854. The molecule has 3 atom stereocenters. The summed E-state index contributed by atoms with van der Waals surface area (Å²) in [6.07, 6.45) is 7.22. The lowest BCUT2D eigenvalue weighted by atomic mass is 9.83. The van der Waals surface area contributed by atoms with Gasteiger partial charge in [0.15, 0.2) is 0 Å². The molecular formula is C22H27FN4O. The summed E-state index contributed by atoms with van der Waals surface area (Å²) in [5.41, 5.74) is 10.1. The van der Waals surface area contributed by atoms with E-state index < -0.39 is 0 Å². The Labute approximate surface area is 165 Å². The molecule has 0 saturated carbocycles. The molecule has 0 bridgehead atoms. The van der Waals surface area contributed by atoms with Crippen molar-refractivity contribution in [3.8, 4) is 0 Å². The summed E-state index contributed by atoms with van der Waals surface area (Å²) in [6.45, 7) is 3.72. The number of amides is 1. The van der Waals surface area contributed by atoms with Crippen molar-refractivity contribution in [3.05, 3.63) is 65.2 Å². The van der Waals surface area contributed by atoms with E-state index in [2.05, 4.69) is 28.8 Å². The lowest BCUT2D eigenvalue weighted by Gasteiger charge is -2.41. The van der Waals surface area contributed by atoms with Gasteiger partial charge in [0.1, 0.15) is 5.82 Å². The molecule has 0 aliphatic carbocycles. The summed E-state index contributed by atoms with van der Waals surface area (Å²) in [6, 6.07) is 8.64. The van der Waals surface area contributed by atoms with Gasteiger partial charge in [-0.05, 0) is 61.1 Å². The molecule has 1 aromatic carbocycles. The third-order valence-corrected chi connectivity index (χ3v) is 6.04. The van der Waals surface area contributed by atoms with E-state index in [0.717, 1.165) is 37.9 Å². The maximum atomic E-state index is 13.2. The van der Waals surface area contributed by atoms with Crippen LogP contribution in [0.3, 0.4) is 0 Å². The van der Waals surface area contributed by atoms with Gasteiger partial charge in [0.05, 0.1) is 6.42 Å². The molecule has 2 aromatic rings. The molecule has 6 heteroatoms. The molecule has 2 aliphatic heterocycles. The van der Waals surface area contributed by atoms with Gasteiger partial charge >= 0.3 is 0 Å². The highest BCUT2D eigenvalue weighted by Gasteiger charge is 2.40. The smallest absolute Gasteiger partial charge is 0.227 e. The van der Waals surface area contributed by atoms with E-state index in [9.17, 15) is 9.18 Å². The van der Waals surface area contributed by atoms with Gasteiger partial charge in [0.25, 0.3) is 0 Å².